The molecule has 0 aliphatic heterocycles. The van der Waals surface area contributed by atoms with Crippen molar-refractivity contribution in [1.82, 2.24) is 4.90 Å². The molecule has 0 amide bonds. The molecular formula is C13H19NO2. The van der Waals surface area contributed by atoms with Crippen LogP contribution < -0.4 is 0 Å². The summed E-state index contributed by atoms with van der Waals surface area (Å²) in [6, 6.07) is 8.50. The third kappa shape index (κ3) is 4.45. The van der Waals surface area contributed by atoms with Crippen LogP contribution in [0, 0.1) is 0 Å². The molecule has 88 valence electrons. The highest BCUT2D eigenvalue weighted by atomic mass is 16.4. The van der Waals surface area contributed by atoms with E-state index in [-0.39, 0.29) is 6.54 Å². The lowest BCUT2D eigenvalue weighted by Gasteiger charge is -2.13. The van der Waals surface area contributed by atoms with Crippen LogP contribution in [0.1, 0.15) is 18.1 Å². The van der Waals surface area contributed by atoms with Gasteiger partial charge in [-0.3, -0.25) is 9.69 Å². The molecule has 0 aliphatic carbocycles. The van der Waals surface area contributed by atoms with Crippen molar-refractivity contribution in [2.24, 2.45) is 0 Å². The lowest BCUT2D eigenvalue weighted by atomic mass is 10.1. The standard InChI is InChI=1S/C13H19NO2/c1-3-11-4-6-12(7-5-11)8-9-14(2)10-13(15)16/h4-7H,3,8-10H2,1-2H3,(H,15,16). The maximum atomic E-state index is 10.5. The topological polar surface area (TPSA) is 40.5 Å². The maximum Gasteiger partial charge on any atom is 0.317 e. The molecule has 0 radical (unpaired) electrons. The Balaban J connectivity index is 2.39. The van der Waals surface area contributed by atoms with Crippen LogP contribution in [0.3, 0.4) is 0 Å². The second kappa shape index (κ2) is 6.28. The van der Waals surface area contributed by atoms with E-state index in [1.165, 1.54) is 11.1 Å². The molecule has 0 spiro atoms. The number of aryl methyl sites for hydroxylation is 1. The van der Waals surface area contributed by atoms with Gasteiger partial charge in [0.05, 0.1) is 6.54 Å². The van der Waals surface area contributed by atoms with E-state index in [2.05, 4.69) is 31.2 Å². The van der Waals surface area contributed by atoms with Gasteiger partial charge in [0.2, 0.25) is 0 Å². The first-order chi connectivity index (χ1) is 7.61. The van der Waals surface area contributed by atoms with Crippen LogP contribution in [-0.2, 0) is 17.6 Å². The average Bonchev–Trinajstić information content (AvgIpc) is 2.26. The van der Waals surface area contributed by atoms with Crippen molar-refractivity contribution >= 4 is 5.97 Å². The summed E-state index contributed by atoms with van der Waals surface area (Å²) in [6.45, 7) is 3.01. The summed E-state index contributed by atoms with van der Waals surface area (Å²) < 4.78 is 0. The number of nitrogens with zero attached hydrogens (tertiary/aromatic N) is 1. The van der Waals surface area contributed by atoms with Crippen LogP contribution >= 0.6 is 0 Å². The maximum absolute atomic E-state index is 10.5. The van der Waals surface area contributed by atoms with Crippen molar-refractivity contribution in [3.8, 4) is 0 Å². The second-order valence-electron chi connectivity index (χ2n) is 4.05. The quantitative estimate of drug-likeness (QED) is 0.796. The first-order valence-corrected chi connectivity index (χ1v) is 5.60. The van der Waals surface area contributed by atoms with E-state index >= 15 is 0 Å². The summed E-state index contributed by atoms with van der Waals surface area (Å²) in [5.41, 5.74) is 2.59. The Morgan fingerprint density at radius 1 is 1.25 bits per heavy atom. The lowest BCUT2D eigenvalue weighted by Crippen LogP contribution is -2.27. The summed E-state index contributed by atoms with van der Waals surface area (Å²) >= 11 is 0. The van der Waals surface area contributed by atoms with Crippen LogP contribution in [-0.4, -0.2) is 36.1 Å². The number of carboxylic acid groups (broad SMARTS) is 1. The minimum Gasteiger partial charge on any atom is -0.480 e. The predicted octanol–water partition coefficient (Wildman–Crippen LogP) is 1.81. The molecule has 3 heteroatoms. The first-order valence-electron chi connectivity index (χ1n) is 5.60. The molecule has 0 bridgehead atoms. The Bertz CT molecular complexity index is 332. The number of carbonyl (C=O) groups is 1. The monoisotopic (exact) mass is 221 g/mol. The van der Waals surface area contributed by atoms with Crippen molar-refractivity contribution in [3.05, 3.63) is 35.4 Å². The number of aliphatic carboxylic acids is 1. The largest absolute Gasteiger partial charge is 0.480 e. The normalized spacial score (nSPS) is 10.7. The van der Waals surface area contributed by atoms with Crippen LogP contribution in [0.15, 0.2) is 24.3 Å². The third-order valence-electron chi connectivity index (χ3n) is 2.62. The lowest BCUT2D eigenvalue weighted by molar-refractivity contribution is -0.137. The second-order valence-corrected chi connectivity index (χ2v) is 4.05. The van der Waals surface area contributed by atoms with Gasteiger partial charge < -0.3 is 5.11 Å². The molecule has 16 heavy (non-hydrogen) atoms. The van der Waals surface area contributed by atoms with Crippen LogP contribution in [0.5, 0.6) is 0 Å². The molecule has 0 aliphatic rings. The van der Waals surface area contributed by atoms with E-state index < -0.39 is 5.97 Å². The van der Waals surface area contributed by atoms with Gasteiger partial charge in [0.25, 0.3) is 0 Å². The minimum atomic E-state index is -0.774. The van der Waals surface area contributed by atoms with Gasteiger partial charge in [-0.15, -0.1) is 0 Å². The molecule has 0 unspecified atom stereocenters. The number of hydrogen-bond donors (Lipinski definition) is 1. The molecule has 0 aromatic heterocycles. The minimum absolute atomic E-state index is 0.104. The summed E-state index contributed by atoms with van der Waals surface area (Å²) in [6.07, 6.45) is 1.95. The highest BCUT2D eigenvalue weighted by Crippen LogP contribution is 2.06. The van der Waals surface area contributed by atoms with E-state index in [4.69, 9.17) is 5.11 Å². The van der Waals surface area contributed by atoms with Crippen LogP contribution in [0.25, 0.3) is 0 Å². The zero-order valence-electron chi connectivity index (χ0n) is 9.94. The Morgan fingerprint density at radius 3 is 2.31 bits per heavy atom. The number of rotatable bonds is 6. The van der Waals surface area contributed by atoms with Crippen molar-refractivity contribution in [1.29, 1.82) is 0 Å². The van der Waals surface area contributed by atoms with Crippen molar-refractivity contribution in [3.63, 3.8) is 0 Å². The molecular weight excluding hydrogens is 202 g/mol. The Hall–Kier alpha value is -1.35. The van der Waals surface area contributed by atoms with Gasteiger partial charge in [-0.1, -0.05) is 31.2 Å². The van der Waals surface area contributed by atoms with E-state index in [0.717, 1.165) is 19.4 Å². The number of benzene rings is 1. The molecule has 0 saturated heterocycles. The van der Waals surface area contributed by atoms with E-state index in [1.807, 2.05) is 11.9 Å². The van der Waals surface area contributed by atoms with E-state index in [0.29, 0.717) is 0 Å². The number of likely N-dealkylation sites (N-methyl/N-ethyl adjacent to an activating group) is 1. The fourth-order valence-corrected chi connectivity index (χ4v) is 1.57. The van der Waals surface area contributed by atoms with Gasteiger partial charge in [-0.25, -0.2) is 0 Å². The van der Waals surface area contributed by atoms with Gasteiger partial charge in [-0.2, -0.15) is 0 Å². The van der Waals surface area contributed by atoms with Gasteiger partial charge in [0, 0.05) is 6.54 Å². The summed E-state index contributed by atoms with van der Waals surface area (Å²) in [4.78, 5) is 12.3. The Kier molecular flexibility index (Phi) is 4.99. The average molecular weight is 221 g/mol. The highest BCUT2D eigenvalue weighted by molar-refractivity contribution is 5.68. The molecule has 0 fully saturated rings. The van der Waals surface area contributed by atoms with Crippen LogP contribution in [0.2, 0.25) is 0 Å². The summed E-state index contributed by atoms with van der Waals surface area (Å²) in [5.74, 6) is -0.774. The van der Waals surface area contributed by atoms with Gasteiger partial charge in [0.15, 0.2) is 0 Å². The predicted molar refractivity (Wildman–Crippen MR) is 64.7 cm³/mol. The van der Waals surface area contributed by atoms with Crippen LogP contribution in [0.4, 0.5) is 0 Å². The molecule has 3 nitrogen and oxygen atoms in total. The SMILES string of the molecule is CCc1ccc(CCN(C)CC(=O)O)cc1. The number of hydrogen-bond acceptors (Lipinski definition) is 2. The number of carboxylic acids is 1. The molecule has 1 aromatic rings. The van der Waals surface area contributed by atoms with Crippen molar-refractivity contribution in [2.75, 3.05) is 20.1 Å². The zero-order valence-corrected chi connectivity index (χ0v) is 9.94. The molecule has 1 aromatic carbocycles. The fourth-order valence-electron chi connectivity index (χ4n) is 1.57. The molecule has 0 heterocycles. The Labute approximate surface area is 96.7 Å². The first kappa shape index (κ1) is 12.7. The molecule has 0 saturated carbocycles. The highest BCUT2D eigenvalue weighted by Gasteiger charge is 2.03. The van der Waals surface area contributed by atoms with Gasteiger partial charge in [-0.05, 0) is 31.0 Å². The molecule has 0 atom stereocenters. The zero-order chi connectivity index (χ0) is 12.0. The Morgan fingerprint density at radius 2 is 1.81 bits per heavy atom. The summed E-state index contributed by atoms with van der Waals surface area (Å²) in [5, 5.41) is 8.61. The van der Waals surface area contributed by atoms with E-state index in [1.54, 1.807) is 0 Å². The van der Waals surface area contributed by atoms with Crippen molar-refractivity contribution in [2.45, 2.75) is 19.8 Å². The van der Waals surface area contributed by atoms with E-state index in [9.17, 15) is 4.79 Å². The van der Waals surface area contributed by atoms with Gasteiger partial charge in [0.1, 0.15) is 0 Å². The molecule has 1 rings (SSSR count). The fraction of sp³-hybridized carbons (Fsp3) is 0.462. The smallest absolute Gasteiger partial charge is 0.317 e. The summed E-state index contributed by atoms with van der Waals surface area (Å²) in [7, 11) is 1.83. The van der Waals surface area contributed by atoms with Crippen molar-refractivity contribution < 1.29 is 9.90 Å². The van der Waals surface area contributed by atoms with Gasteiger partial charge >= 0.3 is 5.97 Å². The third-order valence-corrected chi connectivity index (χ3v) is 2.62. The molecule has 1 N–H and O–H groups in total.